The molecule has 0 amide bonds. The molecular formula is C21H25N3O3. The molecule has 2 aromatic rings. The molecule has 3 heterocycles. The summed E-state index contributed by atoms with van der Waals surface area (Å²) in [4.78, 5) is 26.9. The lowest BCUT2D eigenvalue weighted by Crippen LogP contribution is -2.36. The molecule has 1 aromatic carbocycles. The number of ether oxygens (including phenoxy) is 1. The number of nitrogens with zero attached hydrogens (tertiary/aromatic N) is 3. The average Bonchev–Trinajstić information content (AvgIpc) is 3.12. The van der Waals surface area contributed by atoms with Crippen LogP contribution < -0.4 is 15.2 Å². The van der Waals surface area contributed by atoms with E-state index >= 15 is 0 Å². The van der Waals surface area contributed by atoms with Gasteiger partial charge < -0.3 is 9.64 Å². The van der Waals surface area contributed by atoms with Crippen LogP contribution in [0.2, 0.25) is 0 Å². The smallest absolute Gasteiger partial charge is 0.267 e. The summed E-state index contributed by atoms with van der Waals surface area (Å²) in [6.07, 6.45) is 3.45. The van der Waals surface area contributed by atoms with Crippen molar-refractivity contribution in [1.82, 2.24) is 9.78 Å². The van der Waals surface area contributed by atoms with Crippen molar-refractivity contribution in [1.29, 1.82) is 0 Å². The van der Waals surface area contributed by atoms with Gasteiger partial charge in [-0.3, -0.25) is 9.59 Å². The number of Topliss-reactive ketones (excluding diaryl/α,β-unsaturated/α-hetero) is 1. The Bertz CT molecular complexity index is 898. The summed E-state index contributed by atoms with van der Waals surface area (Å²) in [7, 11) is 0. The number of carbonyl (C=O) groups excluding carboxylic acids is 1. The molecule has 0 spiro atoms. The Balaban J connectivity index is 1.44. The van der Waals surface area contributed by atoms with E-state index in [-0.39, 0.29) is 24.3 Å². The molecule has 4 rings (SSSR count). The first-order valence-corrected chi connectivity index (χ1v) is 9.68. The van der Waals surface area contributed by atoms with Gasteiger partial charge in [-0.2, -0.15) is 5.10 Å². The number of benzene rings is 1. The van der Waals surface area contributed by atoms with Crippen LogP contribution >= 0.6 is 0 Å². The highest BCUT2D eigenvalue weighted by molar-refractivity contribution is 5.80. The minimum absolute atomic E-state index is 0.00510. The van der Waals surface area contributed by atoms with E-state index in [1.54, 1.807) is 6.07 Å². The summed E-state index contributed by atoms with van der Waals surface area (Å²) in [6, 6.07) is 9.19. The highest BCUT2D eigenvalue weighted by Crippen LogP contribution is 2.26. The number of hydrogen-bond donors (Lipinski definition) is 0. The second-order valence-corrected chi connectivity index (χ2v) is 7.61. The number of fused-ring (bicyclic) bond motifs is 1. The van der Waals surface area contributed by atoms with Gasteiger partial charge in [0.15, 0.2) is 5.78 Å². The van der Waals surface area contributed by atoms with Crippen molar-refractivity contribution in [3.05, 3.63) is 51.8 Å². The lowest BCUT2D eigenvalue weighted by Gasteiger charge is -2.31. The molecule has 6 heteroatoms. The number of hydrogen-bond acceptors (Lipinski definition) is 5. The largest absolute Gasteiger partial charge is 0.493 e. The summed E-state index contributed by atoms with van der Waals surface area (Å²) in [5.41, 5.74) is 1.86. The van der Waals surface area contributed by atoms with Crippen molar-refractivity contribution in [3.8, 4) is 5.75 Å². The Kier molecular flexibility index (Phi) is 4.97. The SMILES string of the molecule is CC1CCN(c2ccc(=O)n(CC(=O)Cc3ccc4c(c3)OCC4)n2)CC1. The number of anilines is 1. The van der Waals surface area contributed by atoms with E-state index in [1.165, 1.54) is 16.3 Å². The van der Waals surface area contributed by atoms with Crippen molar-refractivity contribution >= 4 is 11.6 Å². The quantitative estimate of drug-likeness (QED) is 0.811. The minimum atomic E-state index is -0.241. The van der Waals surface area contributed by atoms with Gasteiger partial charge in [0, 0.05) is 32.0 Å². The Hall–Kier alpha value is -2.63. The van der Waals surface area contributed by atoms with Crippen molar-refractivity contribution < 1.29 is 9.53 Å². The molecule has 0 aliphatic carbocycles. The van der Waals surface area contributed by atoms with Crippen LogP contribution in [0.25, 0.3) is 0 Å². The van der Waals surface area contributed by atoms with E-state index in [2.05, 4.69) is 16.9 Å². The van der Waals surface area contributed by atoms with Gasteiger partial charge in [-0.25, -0.2) is 4.68 Å². The van der Waals surface area contributed by atoms with E-state index in [1.807, 2.05) is 18.2 Å². The zero-order valence-corrected chi connectivity index (χ0v) is 15.7. The first kappa shape index (κ1) is 17.8. The molecule has 0 saturated carbocycles. The van der Waals surface area contributed by atoms with Crippen LogP contribution in [-0.4, -0.2) is 35.3 Å². The minimum Gasteiger partial charge on any atom is -0.493 e. The predicted octanol–water partition coefficient (Wildman–Crippen LogP) is 2.23. The van der Waals surface area contributed by atoms with Gasteiger partial charge in [0.2, 0.25) is 0 Å². The van der Waals surface area contributed by atoms with Gasteiger partial charge in [-0.15, -0.1) is 0 Å². The summed E-state index contributed by atoms with van der Waals surface area (Å²) in [5, 5.41) is 4.45. The van der Waals surface area contributed by atoms with Crippen LogP contribution in [0.5, 0.6) is 5.75 Å². The third-order valence-electron chi connectivity index (χ3n) is 5.45. The first-order chi connectivity index (χ1) is 13.1. The van der Waals surface area contributed by atoms with Crippen molar-refractivity contribution in [2.24, 2.45) is 5.92 Å². The summed E-state index contributed by atoms with van der Waals surface area (Å²) in [5.74, 6) is 2.34. The van der Waals surface area contributed by atoms with Crippen molar-refractivity contribution in [3.63, 3.8) is 0 Å². The van der Waals surface area contributed by atoms with Crippen LogP contribution in [0, 0.1) is 5.92 Å². The number of carbonyl (C=O) groups is 1. The zero-order valence-electron chi connectivity index (χ0n) is 15.7. The van der Waals surface area contributed by atoms with Gasteiger partial charge in [-0.05, 0) is 42.0 Å². The third kappa shape index (κ3) is 4.04. The first-order valence-electron chi connectivity index (χ1n) is 9.68. The van der Waals surface area contributed by atoms with E-state index in [0.29, 0.717) is 6.61 Å². The predicted molar refractivity (Wildman–Crippen MR) is 103 cm³/mol. The number of aromatic nitrogens is 2. The lowest BCUT2D eigenvalue weighted by molar-refractivity contribution is -0.119. The molecule has 0 atom stereocenters. The van der Waals surface area contributed by atoms with Gasteiger partial charge >= 0.3 is 0 Å². The van der Waals surface area contributed by atoms with Crippen LogP contribution in [0.1, 0.15) is 30.9 Å². The maximum absolute atomic E-state index is 12.5. The highest BCUT2D eigenvalue weighted by Gasteiger charge is 2.18. The van der Waals surface area contributed by atoms with Crippen molar-refractivity contribution in [2.45, 2.75) is 39.2 Å². The molecule has 27 heavy (non-hydrogen) atoms. The number of ketones is 1. The highest BCUT2D eigenvalue weighted by atomic mass is 16.5. The fourth-order valence-electron chi connectivity index (χ4n) is 3.73. The Labute approximate surface area is 158 Å². The monoisotopic (exact) mass is 367 g/mol. The van der Waals surface area contributed by atoms with Gasteiger partial charge in [-0.1, -0.05) is 19.1 Å². The second kappa shape index (κ2) is 7.55. The molecule has 1 saturated heterocycles. The van der Waals surface area contributed by atoms with Crippen molar-refractivity contribution in [2.75, 3.05) is 24.6 Å². The molecular weight excluding hydrogens is 342 g/mol. The van der Waals surface area contributed by atoms with Crippen LogP contribution in [0.15, 0.2) is 35.1 Å². The van der Waals surface area contributed by atoms with Gasteiger partial charge in [0.05, 0.1) is 6.61 Å². The van der Waals surface area contributed by atoms with E-state index < -0.39 is 0 Å². The fourth-order valence-corrected chi connectivity index (χ4v) is 3.73. The zero-order chi connectivity index (χ0) is 18.8. The Morgan fingerprint density at radius 3 is 2.85 bits per heavy atom. The maximum atomic E-state index is 12.5. The van der Waals surface area contributed by atoms with Crippen LogP contribution in [-0.2, 0) is 24.2 Å². The van der Waals surface area contributed by atoms with E-state index in [9.17, 15) is 9.59 Å². The maximum Gasteiger partial charge on any atom is 0.267 e. The molecule has 6 nitrogen and oxygen atoms in total. The standard InChI is InChI=1S/C21H25N3O3/c1-15-6-9-23(10-7-15)20-4-5-21(26)24(22-20)14-18(25)12-16-2-3-17-8-11-27-19(17)13-16/h2-5,13,15H,6-12,14H2,1H3. The molecule has 0 unspecified atom stereocenters. The Morgan fingerprint density at radius 1 is 1.22 bits per heavy atom. The van der Waals surface area contributed by atoms with Crippen LogP contribution in [0.4, 0.5) is 5.82 Å². The molecule has 142 valence electrons. The lowest BCUT2D eigenvalue weighted by atomic mass is 9.99. The molecule has 2 aliphatic rings. The molecule has 1 fully saturated rings. The van der Waals surface area contributed by atoms with Crippen LogP contribution in [0.3, 0.4) is 0 Å². The molecule has 0 radical (unpaired) electrons. The summed E-state index contributed by atoms with van der Waals surface area (Å²) >= 11 is 0. The van der Waals surface area contributed by atoms with E-state index in [4.69, 9.17) is 4.74 Å². The molecule has 1 aromatic heterocycles. The average molecular weight is 367 g/mol. The molecule has 0 bridgehead atoms. The molecule has 0 N–H and O–H groups in total. The number of rotatable bonds is 5. The summed E-state index contributed by atoms with van der Waals surface area (Å²) < 4.78 is 6.86. The topological polar surface area (TPSA) is 64.4 Å². The Morgan fingerprint density at radius 2 is 2.04 bits per heavy atom. The summed E-state index contributed by atoms with van der Waals surface area (Å²) in [6.45, 7) is 4.84. The molecule has 2 aliphatic heterocycles. The van der Waals surface area contributed by atoms with Gasteiger partial charge in [0.1, 0.15) is 18.1 Å². The second-order valence-electron chi connectivity index (χ2n) is 7.61. The van der Waals surface area contributed by atoms with Gasteiger partial charge in [0.25, 0.3) is 5.56 Å². The van der Waals surface area contributed by atoms with E-state index in [0.717, 1.165) is 55.4 Å². The third-order valence-corrected chi connectivity index (χ3v) is 5.45. The number of piperidine rings is 1. The fraction of sp³-hybridized carbons (Fsp3) is 0.476. The normalized spacial score (nSPS) is 16.9.